The Morgan fingerprint density at radius 2 is 1.94 bits per heavy atom. The molecule has 2 aromatic carbocycles. The number of carbonyl (C=O) groups excluding carboxylic acids is 1. The van der Waals surface area contributed by atoms with E-state index in [-0.39, 0.29) is 24.7 Å². The van der Waals surface area contributed by atoms with Crippen LogP contribution in [0.25, 0.3) is 0 Å². The summed E-state index contributed by atoms with van der Waals surface area (Å²) in [4.78, 5) is 12.8. The number of anilines is 1. The number of carbonyl (C=O) groups is 1. The Kier molecular flexibility index (Phi) is 6.46. The van der Waals surface area contributed by atoms with Gasteiger partial charge in [0, 0.05) is 22.8 Å². The second-order valence-electron chi connectivity index (χ2n) is 7.61. The SMILES string of the molecule is Cc1cccc(OCc2c(C(=O)Nc3ccn(Cc4c(F)cccc4Cl)n3)noc2C)c1C. The Bertz CT molecular complexity index is 1290. The summed E-state index contributed by atoms with van der Waals surface area (Å²) >= 11 is 6.08. The van der Waals surface area contributed by atoms with Crippen LogP contribution in [0.5, 0.6) is 5.75 Å². The molecule has 2 aromatic heterocycles. The van der Waals surface area contributed by atoms with Crippen LogP contribution < -0.4 is 10.1 Å². The maximum Gasteiger partial charge on any atom is 0.279 e. The topological polar surface area (TPSA) is 82.2 Å². The number of aromatic nitrogens is 3. The average molecular weight is 469 g/mol. The van der Waals surface area contributed by atoms with Crippen LogP contribution in [-0.2, 0) is 13.2 Å². The lowest BCUT2D eigenvalue weighted by Gasteiger charge is -2.11. The van der Waals surface area contributed by atoms with Crippen LogP contribution in [-0.4, -0.2) is 20.8 Å². The van der Waals surface area contributed by atoms with Crippen LogP contribution in [0.15, 0.2) is 53.2 Å². The molecule has 4 aromatic rings. The number of ether oxygens (including phenoxy) is 1. The van der Waals surface area contributed by atoms with Crippen molar-refractivity contribution in [3.05, 3.63) is 93.2 Å². The molecule has 1 N–H and O–H groups in total. The van der Waals surface area contributed by atoms with E-state index in [1.165, 1.54) is 16.8 Å². The molecule has 7 nitrogen and oxygen atoms in total. The third kappa shape index (κ3) is 4.90. The Morgan fingerprint density at radius 3 is 2.73 bits per heavy atom. The number of halogens is 2. The van der Waals surface area contributed by atoms with Crippen LogP contribution in [0.2, 0.25) is 5.02 Å². The number of hydrogen-bond donors (Lipinski definition) is 1. The van der Waals surface area contributed by atoms with Gasteiger partial charge in [0.15, 0.2) is 11.5 Å². The zero-order chi connectivity index (χ0) is 23.5. The van der Waals surface area contributed by atoms with E-state index in [0.29, 0.717) is 21.9 Å². The van der Waals surface area contributed by atoms with Crippen molar-refractivity contribution in [3.63, 3.8) is 0 Å². The van der Waals surface area contributed by atoms with Crippen molar-refractivity contribution in [3.8, 4) is 5.75 Å². The van der Waals surface area contributed by atoms with Gasteiger partial charge in [-0.2, -0.15) is 5.10 Å². The molecular weight excluding hydrogens is 447 g/mol. The van der Waals surface area contributed by atoms with Crippen molar-refractivity contribution in [1.29, 1.82) is 0 Å². The number of amides is 1. The van der Waals surface area contributed by atoms with Crippen LogP contribution in [0.3, 0.4) is 0 Å². The van der Waals surface area contributed by atoms with Gasteiger partial charge in [-0.25, -0.2) is 4.39 Å². The van der Waals surface area contributed by atoms with Crippen molar-refractivity contribution < 1.29 is 18.4 Å². The van der Waals surface area contributed by atoms with Crippen LogP contribution in [0, 0.1) is 26.6 Å². The quantitative estimate of drug-likeness (QED) is 0.389. The van der Waals surface area contributed by atoms with E-state index in [0.717, 1.165) is 16.9 Å². The van der Waals surface area contributed by atoms with E-state index < -0.39 is 11.7 Å². The molecule has 170 valence electrons. The van der Waals surface area contributed by atoms with Crippen molar-refractivity contribution >= 4 is 23.3 Å². The first-order valence-electron chi connectivity index (χ1n) is 10.3. The molecule has 0 aliphatic heterocycles. The highest BCUT2D eigenvalue weighted by atomic mass is 35.5. The molecule has 0 saturated heterocycles. The zero-order valence-electron chi connectivity index (χ0n) is 18.4. The molecule has 0 spiro atoms. The number of hydrogen-bond acceptors (Lipinski definition) is 5. The minimum Gasteiger partial charge on any atom is -0.488 e. The minimum absolute atomic E-state index is 0.115. The van der Waals surface area contributed by atoms with Crippen LogP contribution in [0.4, 0.5) is 10.2 Å². The molecule has 0 aliphatic carbocycles. The predicted octanol–water partition coefficient (Wildman–Crippen LogP) is 5.47. The van der Waals surface area contributed by atoms with Gasteiger partial charge in [-0.3, -0.25) is 9.48 Å². The highest BCUT2D eigenvalue weighted by Gasteiger charge is 2.21. The normalized spacial score (nSPS) is 10.9. The Morgan fingerprint density at radius 1 is 1.15 bits per heavy atom. The molecule has 0 bridgehead atoms. The standard InChI is InChI=1S/C24H22ClFN4O3/c1-14-6-4-9-21(15(14)2)32-13-18-16(3)33-29-23(18)24(31)27-22-10-11-30(28-22)12-17-19(25)7-5-8-20(17)26/h4-11H,12-13H2,1-3H3,(H,27,28,31). The number of benzene rings is 2. The van der Waals surface area contributed by atoms with Gasteiger partial charge >= 0.3 is 0 Å². The minimum atomic E-state index is -0.486. The fourth-order valence-corrected chi connectivity index (χ4v) is 3.53. The molecule has 9 heteroatoms. The molecular formula is C24H22ClFN4O3. The highest BCUT2D eigenvalue weighted by molar-refractivity contribution is 6.31. The maximum absolute atomic E-state index is 14.0. The van der Waals surface area contributed by atoms with Gasteiger partial charge in [-0.15, -0.1) is 0 Å². The van der Waals surface area contributed by atoms with E-state index in [1.54, 1.807) is 25.3 Å². The second kappa shape index (κ2) is 9.46. The summed E-state index contributed by atoms with van der Waals surface area (Å²) in [5.41, 5.74) is 3.12. The molecule has 1 amide bonds. The molecule has 4 rings (SSSR count). The molecule has 0 atom stereocenters. The van der Waals surface area contributed by atoms with Crippen molar-refractivity contribution in [1.82, 2.24) is 14.9 Å². The first-order valence-corrected chi connectivity index (χ1v) is 10.6. The van der Waals surface area contributed by atoms with E-state index in [9.17, 15) is 9.18 Å². The van der Waals surface area contributed by atoms with Crippen molar-refractivity contribution in [2.24, 2.45) is 0 Å². The van der Waals surface area contributed by atoms with Crippen molar-refractivity contribution in [2.45, 2.75) is 33.9 Å². The molecule has 0 aliphatic rings. The number of nitrogens with one attached hydrogen (secondary N) is 1. The lowest BCUT2D eigenvalue weighted by atomic mass is 10.1. The monoisotopic (exact) mass is 468 g/mol. The summed E-state index contributed by atoms with van der Waals surface area (Å²) in [6, 6.07) is 11.9. The predicted molar refractivity (Wildman–Crippen MR) is 122 cm³/mol. The van der Waals surface area contributed by atoms with Crippen LogP contribution >= 0.6 is 11.6 Å². The molecule has 0 fully saturated rings. The fourth-order valence-electron chi connectivity index (χ4n) is 3.31. The van der Waals surface area contributed by atoms with Crippen LogP contribution in [0.1, 0.15) is 38.5 Å². The van der Waals surface area contributed by atoms with Crippen molar-refractivity contribution in [2.75, 3.05) is 5.32 Å². The highest BCUT2D eigenvalue weighted by Crippen LogP contribution is 2.24. The average Bonchev–Trinajstić information content (AvgIpc) is 3.38. The van der Waals surface area contributed by atoms with Gasteiger partial charge < -0.3 is 14.6 Å². The molecule has 33 heavy (non-hydrogen) atoms. The Balaban J connectivity index is 1.46. The summed E-state index contributed by atoms with van der Waals surface area (Å²) in [7, 11) is 0. The zero-order valence-corrected chi connectivity index (χ0v) is 19.1. The van der Waals surface area contributed by atoms with Gasteiger partial charge in [0.1, 0.15) is 23.9 Å². The fraction of sp³-hybridized carbons (Fsp3) is 0.208. The number of nitrogens with zero attached hydrogens (tertiary/aromatic N) is 3. The van der Waals surface area contributed by atoms with E-state index in [4.69, 9.17) is 20.9 Å². The summed E-state index contributed by atoms with van der Waals surface area (Å²) in [5, 5.41) is 11.2. The lowest BCUT2D eigenvalue weighted by molar-refractivity contribution is 0.101. The third-order valence-corrected chi connectivity index (χ3v) is 5.74. The summed E-state index contributed by atoms with van der Waals surface area (Å²) in [6.07, 6.45) is 1.62. The number of rotatable bonds is 7. The molecule has 0 radical (unpaired) electrons. The third-order valence-electron chi connectivity index (χ3n) is 5.39. The maximum atomic E-state index is 14.0. The first kappa shape index (κ1) is 22.5. The summed E-state index contributed by atoms with van der Waals surface area (Å²) in [6.45, 7) is 5.95. The number of aryl methyl sites for hydroxylation is 2. The first-order chi connectivity index (χ1) is 15.8. The van der Waals surface area contributed by atoms with E-state index in [1.807, 2.05) is 32.0 Å². The molecule has 0 unspecified atom stereocenters. The van der Waals surface area contributed by atoms with E-state index in [2.05, 4.69) is 15.6 Å². The Labute approximate surface area is 195 Å². The largest absolute Gasteiger partial charge is 0.488 e. The van der Waals surface area contributed by atoms with E-state index >= 15 is 0 Å². The lowest BCUT2D eigenvalue weighted by Crippen LogP contribution is -2.16. The smallest absolute Gasteiger partial charge is 0.279 e. The van der Waals surface area contributed by atoms with Gasteiger partial charge in [0.25, 0.3) is 5.91 Å². The Hall–Kier alpha value is -3.65. The van der Waals surface area contributed by atoms with Gasteiger partial charge in [-0.05, 0) is 50.1 Å². The van der Waals surface area contributed by atoms with Gasteiger partial charge in [0.05, 0.1) is 12.1 Å². The molecule has 2 heterocycles. The second-order valence-corrected chi connectivity index (χ2v) is 8.01. The summed E-state index contributed by atoms with van der Waals surface area (Å²) in [5.74, 6) is 0.600. The summed E-state index contributed by atoms with van der Waals surface area (Å²) < 4.78 is 26.7. The van der Waals surface area contributed by atoms with Gasteiger partial charge in [-0.1, -0.05) is 35.0 Å². The molecule has 0 saturated carbocycles. The van der Waals surface area contributed by atoms with Gasteiger partial charge in [0.2, 0.25) is 0 Å².